The summed E-state index contributed by atoms with van der Waals surface area (Å²) in [6.07, 6.45) is -4.28. The fraction of sp³-hybridized carbons (Fsp3) is 0.647. The van der Waals surface area contributed by atoms with Crippen molar-refractivity contribution in [3.63, 3.8) is 0 Å². The molecular formula is C17H28Cl2F3N3. The predicted molar refractivity (Wildman–Crippen MR) is 102 cm³/mol. The van der Waals surface area contributed by atoms with Gasteiger partial charge in [-0.25, -0.2) is 0 Å². The minimum atomic E-state index is -4.28. The third-order valence-corrected chi connectivity index (χ3v) is 4.54. The molecular weight excluding hydrogens is 374 g/mol. The number of benzene rings is 1. The van der Waals surface area contributed by atoms with Gasteiger partial charge >= 0.3 is 6.18 Å². The molecule has 8 heteroatoms. The highest BCUT2D eigenvalue weighted by molar-refractivity contribution is 5.85. The van der Waals surface area contributed by atoms with Gasteiger partial charge in [0.25, 0.3) is 0 Å². The molecule has 0 saturated carbocycles. The molecule has 0 aliphatic carbocycles. The van der Waals surface area contributed by atoms with Crippen LogP contribution >= 0.6 is 24.8 Å². The number of nitrogens with zero attached hydrogens (tertiary/aromatic N) is 3. The van der Waals surface area contributed by atoms with Crippen LogP contribution < -0.4 is 4.90 Å². The van der Waals surface area contributed by atoms with Gasteiger partial charge in [-0.2, -0.15) is 13.2 Å². The molecule has 0 bridgehead atoms. The van der Waals surface area contributed by atoms with Crippen LogP contribution in [0.15, 0.2) is 24.3 Å². The lowest BCUT2D eigenvalue weighted by Crippen LogP contribution is -2.48. The van der Waals surface area contributed by atoms with Gasteiger partial charge in [0.15, 0.2) is 0 Å². The number of piperazine rings is 1. The second-order valence-electron chi connectivity index (χ2n) is 5.90. The number of rotatable bonds is 6. The topological polar surface area (TPSA) is 9.72 Å². The number of alkyl halides is 3. The van der Waals surface area contributed by atoms with Crippen molar-refractivity contribution >= 4 is 30.5 Å². The van der Waals surface area contributed by atoms with Crippen LogP contribution in [0.25, 0.3) is 0 Å². The molecule has 0 N–H and O–H groups in total. The predicted octanol–water partition coefficient (Wildman–Crippen LogP) is 4.01. The van der Waals surface area contributed by atoms with Gasteiger partial charge in [-0.05, 0) is 31.3 Å². The molecule has 25 heavy (non-hydrogen) atoms. The number of halogens is 5. The molecule has 1 aromatic carbocycles. The van der Waals surface area contributed by atoms with E-state index in [-0.39, 0.29) is 24.8 Å². The maximum atomic E-state index is 12.8. The first-order valence-electron chi connectivity index (χ1n) is 8.31. The Morgan fingerprint density at radius 1 is 1.00 bits per heavy atom. The first-order valence-corrected chi connectivity index (χ1v) is 8.31. The molecule has 0 aromatic heterocycles. The van der Waals surface area contributed by atoms with Crippen LogP contribution in [0.2, 0.25) is 0 Å². The molecule has 1 aliphatic heterocycles. The molecule has 146 valence electrons. The van der Waals surface area contributed by atoms with Crippen LogP contribution in [-0.4, -0.2) is 62.2 Å². The molecule has 1 heterocycles. The van der Waals surface area contributed by atoms with Gasteiger partial charge in [0.2, 0.25) is 0 Å². The van der Waals surface area contributed by atoms with Crippen molar-refractivity contribution in [2.75, 3.05) is 57.3 Å². The van der Waals surface area contributed by atoms with Gasteiger partial charge < -0.3 is 9.80 Å². The van der Waals surface area contributed by atoms with Crippen LogP contribution in [0.3, 0.4) is 0 Å². The Hall–Kier alpha value is -0.690. The standard InChI is InChI=1S/C17H26F3N3.2ClH/c1-3-21(4-2)8-9-22-10-12-23(13-11-22)16-7-5-6-15(14-16)17(18,19)20;;/h5-7,14H,3-4,8-13H2,1-2H3;2*1H. The summed E-state index contributed by atoms with van der Waals surface area (Å²) < 4.78 is 38.4. The first kappa shape index (κ1) is 24.3. The lowest BCUT2D eigenvalue weighted by atomic mass is 10.1. The van der Waals surface area contributed by atoms with Crippen molar-refractivity contribution in [1.82, 2.24) is 9.80 Å². The maximum Gasteiger partial charge on any atom is 0.416 e. The highest BCUT2D eigenvalue weighted by atomic mass is 35.5. The fourth-order valence-corrected chi connectivity index (χ4v) is 2.93. The normalized spacial score (nSPS) is 15.7. The largest absolute Gasteiger partial charge is 0.416 e. The van der Waals surface area contributed by atoms with Crippen LogP contribution in [-0.2, 0) is 6.18 Å². The van der Waals surface area contributed by atoms with Crippen LogP contribution in [0, 0.1) is 0 Å². The van der Waals surface area contributed by atoms with Crippen LogP contribution in [0.4, 0.5) is 18.9 Å². The van der Waals surface area contributed by atoms with E-state index in [2.05, 4.69) is 23.6 Å². The second kappa shape index (κ2) is 11.1. The van der Waals surface area contributed by atoms with E-state index in [1.165, 1.54) is 12.1 Å². The van der Waals surface area contributed by atoms with Crippen molar-refractivity contribution in [3.05, 3.63) is 29.8 Å². The van der Waals surface area contributed by atoms with E-state index in [0.29, 0.717) is 5.69 Å². The quantitative estimate of drug-likeness (QED) is 0.712. The summed E-state index contributed by atoms with van der Waals surface area (Å²) in [5.41, 5.74) is 0.0992. The third kappa shape index (κ3) is 7.21. The van der Waals surface area contributed by atoms with Crippen molar-refractivity contribution in [1.29, 1.82) is 0 Å². The molecule has 2 rings (SSSR count). The molecule has 1 saturated heterocycles. The summed E-state index contributed by atoms with van der Waals surface area (Å²) in [7, 11) is 0. The molecule has 0 unspecified atom stereocenters. The zero-order valence-electron chi connectivity index (χ0n) is 14.8. The van der Waals surface area contributed by atoms with Crippen molar-refractivity contribution in [2.24, 2.45) is 0 Å². The first-order chi connectivity index (χ1) is 10.9. The maximum absolute atomic E-state index is 12.8. The monoisotopic (exact) mass is 401 g/mol. The molecule has 1 aliphatic rings. The Morgan fingerprint density at radius 3 is 2.12 bits per heavy atom. The van der Waals surface area contributed by atoms with Gasteiger partial charge in [-0.3, -0.25) is 4.90 Å². The average molecular weight is 402 g/mol. The molecule has 1 aromatic rings. The highest BCUT2D eigenvalue weighted by Gasteiger charge is 2.31. The number of hydrogen-bond donors (Lipinski definition) is 0. The van der Waals surface area contributed by atoms with Crippen LogP contribution in [0.5, 0.6) is 0 Å². The second-order valence-corrected chi connectivity index (χ2v) is 5.90. The Bertz CT molecular complexity index is 488. The average Bonchev–Trinajstić information content (AvgIpc) is 2.56. The van der Waals surface area contributed by atoms with Gasteiger partial charge in [-0.15, -0.1) is 24.8 Å². The third-order valence-electron chi connectivity index (χ3n) is 4.54. The minimum absolute atomic E-state index is 0. The SMILES string of the molecule is CCN(CC)CCN1CCN(c2cccc(C(F)(F)F)c2)CC1.Cl.Cl. The van der Waals surface area contributed by atoms with E-state index in [1.807, 2.05) is 4.90 Å². The van der Waals surface area contributed by atoms with E-state index in [9.17, 15) is 13.2 Å². The fourth-order valence-electron chi connectivity index (χ4n) is 2.93. The highest BCUT2D eigenvalue weighted by Crippen LogP contribution is 2.31. The van der Waals surface area contributed by atoms with Crippen LogP contribution in [0.1, 0.15) is 19.4 Å². The van der Waals surface area contributed by atoms with Gasteiger partial charge in [0.05, 0.1) is 5.56 Å². The lowest BCUT2D eigenvalue weighted by molar-refractivity contribution is -0.137. The molecule has 0 radical (unpaired) electrons. The van der Waals surface area contributed by atoms with Crippen molar-refractivity contribution in [2.45, 2.75) is 20.0 Å². The lowest BCUT2D eigenvalue weighted by Gasteiger charge is -2.37. The van der Waals surface area contributed by atoms with E-state index in [4.69, 9.17) is 0 Å². The number of hydrogen-bond acceptors (Lipinski definition) is 3. The molecule has 0 spiro atoms. The summed E-state index contributed by atoms with van der Waals surface area (Å²) >= 11 is 0. The van der Waals surface area contributed by atoms with E-state index < -0.39 is 11.7 Å². The molecule has 0 amide bonds. The Balaban J connectivity index is 0.00000288. The Morgan fingerprint density at radius 2 is 1.60 bits per heavy atom. The van der Waals surface area contributed by atoms with Gasteiger partial charge in [0.1, 0.15) is 0 Å². The zero-order chi connectivity index (χ0) is 16.9. The van der Waals surface area contributed by atoms with E-state index in [0.717, 1.165) is 58.4 Å². The number of likely N-dealkylation sites (N-methyl/N-ethyl adjacent to an activating group) is 1. The Kier molecular flexibility index (Phi) is 10.8. The zero-order valence-corrected chi connectivity index (χ0v) is 16.4. The van der Waals surface area contributed by atoms with E-state index >= 15 is 0 Å². The summed E-state index contributed by atoms with van der Waals surface area (Å²) in [5, 5.41) is 0. The molecule has 0 atom stereocenters. The molecule has 1 fully saturated rings. The number of anilines is 1. The van der Waals surface area contributed by atoms with Gasteiger partial charge in [-0.1, -0.05) is 19.9 Å². The summed E-state index contributed by atoms with van der Waals surface area (Å²) in [6, 6.07) is 5.64. The van der Waals surface area contributed by atoms with Crippen molar-refractivity contribution in [3.8, 4) is 0 Å². The van der Waals surface area contributed by atoms with Crippen molar-refractivity contribution < 1.29 is 13.2 Å². The summed E-state index contributed by atoms with van der Waals surface area (Å²) in [5.74, 6) is 0. The molecule has 3 nitrogen and oxygen atoms in total. The Labute approximate surface area is 161 Å². The van der Waals surface area contributed by atoms with Gasteiger partial charge in [0, 0.05) is 45.0 Å². The van der Waals surface area contributed by atoms with E-state index in [1.54, 1.807) is 6.07 Å². The minimum Gasteiger partial charge on any atom is -0.369 e. The summed E-state index contributed by atoms with van der Waals surface area (Å²) in [4.78, 5) is 6.82. The smallest absolute Gasteiger partial charge is 0.369 e. The summed E-state index contributed by atoms with van der Waals surface area (Å²) in [6.45, 7) is 11.9.